The highest BCUT2D eigenvalue weighted by molar-refractivity contribution is 7.89. The monoisotopic (exact) mass is 335 g/mol. The van der Waals surface area contributed by atoms with E-state index in [2.05, 4.69) is 4.99 Å². The number of likely N-dealkylation sites (tertiary alicyclic amines) is 1. The van der Waals surface area contributed by atoms with Gasteiger partial charge in [-0.3, -0.25) is 4.79 Å². The largest absolute Gasteiger partial charge is 0.336 e. The first-order valence-electron chi connectivity index (χ1n) is 7.87. The molecular formula is C16H21N3O3S. The summed E-state index contributed by atoms with van der Waals surface area (Å²) in [7, 11) is -3.72. The molecule has 2 atom stereocenters. The van der Waals surface area contributed by atoms with Crippen LogP contribution in [0.1, 0.15) is 33.1 Å². The van der Waals surface area contributed by atoms with Crippen LogP contribution in [0.15, 0.2) is 34.2 Å². The van der Waals surface area contributed by atoms with Gasteiger partial charge in [0.25, 0.3) is 10.0 Å². The Labute approximate surface area is 136 Å². The number of hydrogen-bond acceptors (Lipinski definition) is 4. The van der Waals surface area contributed by atoms with Gasteiger partial charge in [0.15, 0.2) is 0 Å². The summed E-state index contributed by atoms with van der Waals surface area (Å²) in [6, 6.07) is 6.85. The first-order chi connectivity index (χ1) is 10.9. The fourth-order valence-electron chi connectivity index (χ4n) is 3.35. The maximum atomic E-state index is 12.6. The quantitative estimate of drug-likeness (QED) is 0.831. The molecule has 0 saturated carbocycles. The van der Waals surface area contributed by atoms with E-state index in [4.69, 9.17) is 0 Å². The smallest absolute Gasteiger partial charge is 0.267 e. The van der Waals surface area contributed by atoms with Crippen LogP contribution < -0.4 is 0 Å². The lowest BCUT2D eigenvalue weighted by molar-refractivity contribution is -0.136. The third kappa shape index (κ3) is 2.85. The van der Waals surface area contributed by atoms with Crippen molar-refractivity contribution >= 4 is 28.0 Å². The van der Waals surface area contributed by atoms with Crippen LogP contribution in [0.2, 0.25) is 0 Å². The number of fused-ring (bicyclic) bond motifs is 1. The van der Waals surface area contributed by atoms with Gasteiger partial charge in [0.2, 0.25) is 5.91 Å². The number of carbonyl (C=O) groups excluding carboxylic acids is 1. The van der Waals surface area contributed by atoms with E-state index in [-0.39, 0.29) is 29.4 Å². The highest BCUT2D eigenvalue weighted by atomic mass is 32.2. The van der Waals surface area contributed by atoms with E-state index in [9.17, 15) is 13.2 Å². The van der Waals surface area contributed by atoms with Crippen molar-refractivity contribution in [1.29, 1.82) is 0 Å². The van der Waals surface area contributed by atoms with Crippen molar-refractivity contribution in [2.45, 2.75) is 50.1 Å². The summed E-state index contributed by atoms with van der Waals surface area (Å²) in [5.41, 5.74) is 0.413. The van der Waals surface area contributed by atoms with Crippen molar-refractivity contribution in [2.24, 2.45) is 4.99 Å². The van der Waals surface area contributed by atoms with Crippen LogP contribution in [-0.4, -0.2) is 48.5 Å². The van der Waals surface area contributed by atoms with Crippen LogP contribution in [0.25, 0.3) is 0 Å². The number of sulfonamides is 1. The van der Waals surface area contributed by atoms with Crippen molar-refractivity contribution in [1.82, 2.24) is 9.21 Å². The first kappa shape index (κ1) is 16.0. The summed E-state index contributed by atoms with van der Waals surface area (Å²) in [6.07, 6.45) is 4.26. The average Bonchev–Trinajstić information content (AvgIpc) is 2.50. The van der Waals surface area contributed by atoms with Gasteiger partial charge in [-0.2, -0.15) is 0 Å². The van der Waals surface area contributed by atoms with E-state index in [0.29, 0.717) is 5.69 Å². The highest BCUT2D eigenvalue weighted by Gasteiger charge is 2.34. The molecule has 124 valence electrons. The molecular weight excluding hydrogens is 314 g/mol. The molecule has 1 aromatic rings. The zero-order chi connectivity index (χ0) is 16.6. The summed E-state index contributed by atoms with van der Waals surface area (Å²) >= 11 is 0. The van der Waals surface area contributed by atoms with Crippen molar-refractivity contribution in [3.8, 4) is 0 Å². The van der Waals surface area contributed by atoms with E-state index >= 15 is 0 Å². The SMILES string of the molecule is C[C@H]1CCC[C@H](C)N1C(=O)CN1C=Nc2ccccc2S1(=O)=O. The fourth-order valence-corrected chi connectivity index (χ4v) is 4.69. The van der Waals surface area contributed by atoms with Gasteiger partial charge in [-0.05, 0) is 45.2 Å². The van der Waals surface area contributed by atoms with Gasteiger partial charge in [0.05, 0.1) is 5.69 Å². The van der Waals surface area contributed by atoms with E-state index in [1.165, 1.54) is 12.4 Å². The average molecular weight is 335 g/mol. The topological polar surface area (TPSA) is 70.1 Å². The van der Waals surface area contributed by atoms with Crippen molar-refractivity contribution < 1.29 is 13.2 Å². The molecule has 1 saturated heterocycles. The molecule has 0 aromatic heterocycles. The van der Waals surface area contributed by atoms with E-state index < -0.39 is 10.0 Å². The minimum atomic E-state index is -3.72. The summed E-state index contributed by atoms with van der Waals surface area (Å²) in [4.78, 5) is 18.8. The van der Waals surface area contributed by atoms with Gasteiger partial charge in [-0.15, -0.1) is 0 Å². The number of rotatable bonds is 2. The van der Waals surface area contributed by atoms with Crippen molar-refractivity contribution in [3.05, 3.63) is 24.3 Å². The number of amides is 1. The van der Waals surface area contributed by atoms with Crippen LogP contribution in [0.5, 0.6) is 0 Å². The molecule has 7 heteroatoms. The van der Waals surface area contributed by atoms with Gasteiger partial charge < -0.3 is 4.90 Å². The number of piperidine rings is 1. The normalized spacial score (nSPS) is 26.0. The number of hydrogen-bond donors (Lipinski definition) is 0. The molecule has 0 aliphatic carbocycles. The lowest BCUT2D eigenvalue weighted by atomic mass is 9.97. The van der Waals surface area contributed by atoms with Gasteiger partial charge in [0.1, 0.15) is 17.8 Å². The molecule has 2 aliphatic heterocycles. The Bertz CT molecular complexity index is 735. The molecule has 23 heavy (non-hydrogen) atoms. The predicted octanol–water partition coefficient (Wildman–Crippen LogP) is 2.14. The highest BCUT2D eigenvalue weighted by Crippen LogP contribution is 2.30. The lowest BCUT2D eigenvalue weighted by Gasteiger charge is -2.40. The Kier molecular flexibility index (Phi) is 4.14. The molecule has 2 aliphatic rings. The summed E-state index contributed by atoms with van der Waals surface area (Å²) in [5, 5.41) is 0. The third-order valence-corrected chi connectivity index (χ3v) is 6.29. The third-order valence-electron chi connectivity index (χ3n) is 4.55. The molecule has 3 rings (SSSR count). The summed E-state index contributed by atoms with van der Waals surface area (Å²) in [5.74, 6) is -0.167. The fraction of sp³-hybridized carbons (Fsp3) is 0.500. The molecule has 1 amide bonds. The van der Waals surface area contributed by atoms with E-state index in [0.717, 1.165) is 23.6 Å². The molecule has 1 aromatic carbocycles. The zero-order valence-electron chi connectivity index (χ0n) is 13.3. The van der Waals surface area contributed by atoms with Gasteiger partial charge in [-0.25, -0.2) is 17.7 Å². The lowest BCUT2D eigenvalue weighted by Crippen LogP contribution is -2.51. The van der Waals surface area contributed by atoms with Crippen LogP contribution in [-0.2, 0) is 14.8 Å². The number of carbonyl (C=O) groups is 1. The Morgan fingerprint density at radius 1 is 1.22 bits per heavy atom. The molecule has 2 heterocycles. The first-order valence-corrected chi connectivity index (χ1v) is 9.31. The second kappa shape index (κ2) is 5.96. The Balaban J connectivity index is 1.83. The molecule has 0 spiro atoms. The van der Waals surface area contributed by atoms with Crippen molar-refractivity contribution in [3.63, 3.8) is 0 Å². The predicted molar refractivity (Wildman–Crippen MR) is 88.1 cm³/mol. The van der Waals surface area contributed by atoms with E-state index in [1.807, 2.05) is 18.7 Å². The van der Waals surface area contributed by atoms with Gasteiger partial charge in [-0.1, -0.05) is 12.1 Å². The molecule has 0 radical (unpaired) electrons. The maximum absolute atomic E-state index is 12.6. The van der Waals surface area contributed by atoms with Crippen LogP contribution in [0.3, 0.4) is 0 Å². The van der Waals surface area contributed by atoms with Gasteiger partial charge >= 0.3 is 0 Å². The zero-order valence-corrected chi connectivity index (χ0v) is 14.2. The Hall–Kier alpha value is -1.89. The van der Waals surface area contributed by atoms with Crippen LogP contribution >= 0.6 is 0 Å². The minimum absolute atomic E-state index is 0.142. The molecule has 0 unspecified atom stereocenters. The Morgan fingerprint density at radius 2 is 1.87 bits per heavy atom. The van der Waals surface area contributed by atoms with E-state index in [1.54, 1.807) is 18.2 Å². The number of para-hydroxylation sites is 1. The van der Waals surface area contributed by atoms with Crippen molar-refractivity contribution in [2.75, 3.05) is 6.54 Å². The second-order valence-corrected chi connectivity index (χ2v) is 8.05. The molecule has 1 fully saturated rings. The summed E-state index contributed by atoms with van der Waals surface area (Å²) in [6.45, 7) is 3.83. The number of benzene rings is 1. The Morgan fingerprint density at radius 3 is 2.57 bits per heavy atom. The second-order valence-electron chi connectivity index (χ2n) is 6.19. The molecule has 0 bridgehead atoms. The number of aliphatic imine (C=N–C) groups is 1. The summed E-state index contributed by atoms with van der Waals surface area (Å²) < 4.78 is 26.3. The molecule has 6 nitrogen and oxygen atoms in total. The maximum Gasteiger partial charge on any atom is 0.267 e. The van der Waals surface area contributed by atoms with Crippen LogP contribution in [0, 0.1) is 0 Å². The van der Waals surface area contributed by atoms with Crippen LogP contribution in [0.4, 0.5) is 5.69 Å². The van der Waals surface area contributed by atoms with Gasteiger partial charge in [0, 0.05) is 12.1 Å². The number of nitrogens with zero attached hydrogens (tertiary/aromatic N) is 3. The minimum Gasteiger partial charge on any atom is -0.336 e. The standard InChI is InChI=1S/C16H21N3O3S/c1-12-6-5-7-13(2)19(12)16(20)10-18-11-17-14-8-3-4-9-15(14)23(18,21)22/h3-4,8-9,11-13H,5-7,10H2,1-2H3/t12-,13-/m0/s1. The molecule has 0 N–H and O–H groups in total.